The number of rotatable bonds is 3. The Morgan fingerprint density at radius 3 is 2.26 bits per heavy atom. The molecule has 1 aromatic carbocycles. The molecule has 2 aliphatic rings. The fourth-order valence-corrected chi connectivity index (χ4v) is 3.17. The van der Waals surface area contributed by atoms with Gasteiger partial charge in [0.05, 0.1) is 0 Å². The highest BCUT2D eigenvalue weighted by molar-refractivity contribution is 6.30. The molecular weight excluding hydrogens is 314 g/mol. The van der Waals surface area contributed by atoms with Gasteiger partial charge in [0.25, 0.3) is 0 Å². The molecule has 6 heteroatoms. The van der Waals surface area contributed by atoms with Crippen molar-refractivity contribution in [2.24, 2.45) is 5.92 Å². The van der Waals surface area contributed by atoms with Crippen molar-refractivity contribution in [3.63, 3.8) is 0 Å². The number of hydrogen-bond donors (Lipinski definition) is 2. The van der Waals surface area contributed by atoms with Gasteiger partial charge < -0.3 is 15.5 Å². The van der Waals surface area contributed by atoms with Gasteiger partial charge in [-0.3, -0.25) is 4.79 Å². The van der Waals surface area contributed by atoms with Gasteiger partial charge in [-0.2, -0.15) is 0 Å². The van der Waals surface area contributed by atoms with Crippen LogP contribution in [0.4, 0.5) is 10.5 Å². The highest BCUT2D eigenvalue weighted by Gasteiger charge is 2.31. The molecule has 23 heavy (non-hydrogen) atoms. The van der Waals surface area contributed by atoms with E-state index in [2.05, 4.69) is 10.6 Å². The molecule has 1 saturated carbocycles. The average Bonchev–Trinajstić information content (AvgIpc) is 2.48. The maximum atomic E-state index is 12.2. The minimum Gasteiger partial charge on any atom is -0.342 e. The lowest BCUT2D eigenvalue weighted by molar-refractivity contribution is -0.139. The maximum absolute atomic E-state index is 12.2. The smallest absolute Gasteiger partial charge is 0.319 e. The van der Waals surface area contributed by atoms with E-state index >= 15 is 0 Å². The van der Waals surface area contributed by atoms with Gasteiger partial charge in [0.2, 0.25) is 5.91 Å². The predicted molar refractivity (Wildman–Crippen MR) is 90.5 cm³/mol. The van der Waals surface area contributed by atoms with Crippen molar-refractivity contribution in [3.05, 3.63) is 29.3 Å². The third kappa shape index (κ3) is 4.16. The van der Waals surface area contributed by atoms with E-state index in [0.29, 0.717) is 16.6 Å². The van der Waals surface area contributed by atoms with Crippen LogP contribution in [0, 0.1) is 5.92 Å². The molecule has 0 atom stereocenters. The number of piperidine rings is 1. The van der Waals surface area contributed by atoms with Crippen molar-refractivity contribution in [3.8, 4) is 0 Å². The van der Waals surface area contributed by atoms with Crippen molar-refractivity contribution in [2.45, 2.75) is 38.1 Å². The van der Waals surface area contributed by atoms with Crippen LogP contribution in [0.25, 0.3) is 0 Å². The number of hydrogen-bond acceptors (Lipinski definition) is 2. The van der Waals surface area contributed by atoms with Crippen LogP contribution in [-0.2, 0) is 4.79 Å². The first-order valence-electron chi connectivity index (χ1n) is 8.24. The topological polar surface area (TPSA) is 61.4 Å². The Bertz CT molecular complexity index is 564. The van der Waals surface area contributed by atoms with Crippen LogP contribution < -0.4 is 10.6 Å². The summed E-state index contributed by atoms with van der Waals surface area (Å²) >= 11 is 5.82. The zero-order valence-corrected chi connectivity index (χ0v) is 13.8. The second-order valence-corrected chi connectivity index (χ2v) is 6.77. The molecule has 1 heterocycles. The van der Waals surface area contributed by atoms with Crippen LogP contribution in [0.1, 0.15) is 32.1 Å². The Morgan fingerprint density at radius 1 is 1.04 bits per heavy atom. The van der Waals surface area contributed by atoms with E-state index in [1.54, 1.807) is 24.3 Å². The number of nitrogens with one attached hydrogen (secondary N) is 2. The minimum atomic E-state index is -0.212. The summed E-state index contributed by atoms with van der Waals surface area (Å²) in [5, 5.41) is 6.41. The van der Waals surface area contributed by atoms with E-state index in [1.165, 1.54) is 6.42 Å². The van der Waals surface area contributed by atoms with Gasteiger partial charge in [-0.15, -0.1) is 0 Å². The molecule has 2 fully saturated rings. The zero-order valence-electron chi connectivity index (χ0n) is 13.1. The highest BCUT2D eigenvalue weighted by Crippen LogP contribution is 2.29. The zero-order chi connectivity index (χ0) is 16.2. The van der Waals surface area contributed by atoms with Crippen LogP contribution in [0.5, 0.6) is 0 Å². The lowest BCUT2D eigenvalue weighted by atomic mass is 9.84. The van der Waals surface area contributed by atoms with Crippen LogP contribution in [0.3, 0.4) is 0 Å². The standard InChI is InChI=1S/C17H22ClN3O2/c18-13-4-6-14(7-5-13)19-17(23)20-15-8-10-21(11-9-15)16(22)12-2-1-3-12/h4-7,12,15H,1-3,8-11H2,(H2,19,20,23). The van der Waals surface area contributed by atoms with Gasteiger partial charge in [0.15, 0.2) is 0 Å². The predicted octanol–water partition coefficient (Wildman–Crippen LogP) is 3.25. The molecule has 0 aromatic heterocycles. The van der Waals surface area contributed by atoms with E-state index < -0.39 is 0 Å². The summed E-state index contributed by atoms with van der Waals surface area (Å²) in [6.45, 7) is 1.47. The van der Waals surface area contributed by atoms with Crippen LogP contribution in [0.15, 0.2) is 24.3 Å². The monoisotopic (exact) mass is 335 g/mol. The number of benzene rings is 1. The molecule has 2 N–H and O–H groups in total. The summed E-state index contributed by atoms with van der Waals surface area (Å²) in [4.78, 5) is 26.2. The molecule has 124 valence electrons. The van der Waals surface area contributed by atoms with Gasteiger partial charge in [0, 0.05) is 35.8 Å². The molecule has 0 unspecified atom stereocenters. The molecule has 0 radical (unpaired) electrons. The molecule has 0 bridgehead atoms. The summed E-state index contributed by atoms with van der Waals surface area (Å²) < 4.78 is 0. The Morgan fingerprint density at radius 2 is 1.70 bits per heavy atom. The lowest BCUT2D eigenvalue weighted by Gasteiger charge is -2.36. The minimum absolute atomic E-state index is 0.118. The normalized spacial score (nSPS) is 19.1. The number of halogens is 1. The highest BCUT2D eigenvalue weighted by atomic mass is 35.5. The number of carbonyl (C=O) groups excluding carboxylic acids is 2. The first-order valence-corrected chi connectivity index (χ1v) is 8.61. The fraction of sp³-hybridized carbons (Fsp3) is 0.529. The largest absolute Gasteiger partial charge is 0.342 e. The number of likely N-dealkylation sites (tertiary alicyclic amines) is 1. The molecule has 1 saturated heterocycles. The van der Waals surface area contributed by atoms with E-state index in [1.807, 2.05) is 4.90 Å². The van der Waals surface area contributed by atoms with Crippen LogP contribution in [0.2, 0.25) is 5.02 Å². The second kappa shape index (κ2) is 7.21. The number of nitrogens with zero attached hydrogens (tertiary/aromatic N) is 1. The Labute approximate surface area is 141 Å². The Balaban J connectivity index is 1.42. The van der Waals surface area contributed by atoms with E-state index in [0.717, 1.165) is 38.8 Å². The van der Waals surface area contributed by atoms with Crippen molar-refractivity contribution >= 4 is 29.2 Å². The van der Waals surface area contributed by atoms with Gasteiger partial charge in [-0.05, 0) is 49.9 Å². The number of urea groups is 1. The third-order valence-corrected chi connectivity index (χ3v) is 4.95. The first-order chi connectivity index (χ1) is 11.1. The molecule has 3 amide bonds. The molecule has 5 nitrogen and oxygen atoms in total. The quantitative estimate of drug-likeness (QED) is 0.890. The average molecular weight is 336 g/mol. The van der Waals surface area contributed by atoms with Crippen LogP contribution in [-0.4, -0.2) is 36.0 Å². The summed E-state index contributed by atoms with van der Waals surface area (Å²) in [6, 6.07) is 6.91. The van der Waals surface area contributed by atoms with E-state index in [4.69, 9.17) is 11.6 Å². The second-order valence-electron chi connectivity index (χ2n) is 6.33. The van der Waals surface area contributed by atoms with Crippen molar-refractivity contribution < 1.29 is 9.59 Å². The summed E-state index contributed by atoms with van der Waals surface area (Å²) in [7, 11) is 0. The summed E-state index contributed by atoms with van der Waals surface area (Å²) in [5.41, 5.74) is 0.712. The molecule has 1 aromatic rings. The Hall–Kier alpha value is -1.75. The molecule has 1 aliphatic heterocycles. The van der Waals surface area contributed by atoms with Crippen LogP contribution >= 0.6 is 11.6 Å². The molecular formula is C17H22ClN3O2. The van der Waals surface area contributed by atoms with Gasteiger partial charge in [-0.1, -0.05) is 18.0 Å². The third-order valence-electron chi connectivity index (χ3n) is 4.70. The summed E-state index contributed by atoms with van der Waals surface area (Å²) in [6.07, 6.45) is 4.89. The van der Waals surface area contributed by atoms with Crippen molar-refractivity contribution in [1.29, 1.82) is 0 Å². The molecule has 3 rings (SSSR count). The number of amides is 3. The fourth-order valence-electron chi connectivity index (χ4n) is 3.04. The molecule has 0 spiro atoms. The van der Waals surface area contributed by atoms with E-state index in [-0.39, 0.29) is 18.0 Å². The Kier molecular flexibility index (Phi) is 5.06. The SMILES string of the molecule is O=C(Nc1ccc(Cl)cc1)NC1CCN(C(=O)C2CCC2)CC1. The van der Waals surface area contributed by atoms with Gasteiger partial charge in [0.1, 0.15) is 0 Å². The summed E-state index contributed by atoms with van der Waals surface area (Å²) in [5.74, 6) is 0.563. The van der Waals surface area contributed by atoms with Crippen molar-refractivity contribution in [2.75, 3.05) is 18.4 Å². The lowest BCUT2D eigenvalue weighted by Crippen LogP contribution is -2.49. The van der Waals surface area contributed by atoms with Crippen molar-refractivity contribution in [1.82, 2.24) is 10.2 Å². The van der Waals surface area contributed by atoms with Gasteiger partial charge in [-0.25, -0.2) is 4.79 Å². The maximum Gasteiger partial charge on any atom is 0.319 e. The van der Waals surface area contributed by atoms with E-state index in [9.17, 15) is 9.59 Å². The first kappa shape index (κ1) is 16.1. The number of carbonyl (C=O) groups is 2. The number of anilines is 1. The van der Waals surface area contributed by atoms with Gasteiger partial charge >= 0.3 is 6.03 Å². The molecule has 1 aliphatic carbocycles.